The molecule has 0 aliphatic heterocycles. The van der Waals surface area contributed by atoms with Crippen LogP contribution in [0.4, 0.5) is 0 Å². The Morgan fingerprint density at radius 3 is 2.43 bits per heavy atom. The van der Waals surface area contributed by atoms with Crippen LogP contribution in [-0.2, 0) is 12.8 Å². The predicted molar refractivity (Wildman–Crippen MR) is 57.2 cm³/mol. The van der Waals surface area contributed by atoms with Gasteiger partial charge in [-0.05, 0) is 17.5 Å². The number of H-pyrrole nitrogens is 1. The number of hydrogen-bond donors (Lipinski definition) is 1. The van der Waals surface area contributed by atoms with E-state index in [0.717, 1.165) is 18.7 Å². The molecular weight excluding hydrogens is 172 g/mol. The lowest BCUT2D eigenvalue weighted by Crippen LogP contribution is -1.90. The number of benzene rings is 1. The van der Waals surface area contributed by atoms with Gasteiger partial charge in [0.05, 0.1) is 0 Å². The molecule has 2 heteroatoms. The van der Waals surface area contributed by atoms with Crippen molar-refractivity contribution in [3.05, 3.63) is 53.6 Å². The second-order valence-electron chi connectivity index (χ2n) is 3.38. The molecule has 0 bridgehead atoms. The molecule has 2 aromatic rings. The van der Waals surface area contributed by atoms with Crippen LogP contribution in [0.2, 0.25) is 0 Å². The zero-order valence-electron chi connectivity index (χ0n) is 8.33. The van der Waals surface area contributed by atoms with Gasteiger partial charge in [0, 0.05) is 18.8 Å². The fourth-order valence-electron chi connectivity index (χ4n) is 1.48. The van der Waals surface area contributed by atoms with Gasteiger partial charge in [0.2, 0.25) is 0 Å². The maximum Gasteiger partial charge on any atom is 0.110 e. The van der Waals surface area contributed by atoms with E-state index in [-0.39, 0.29) is 0 Å². The standard InChI is InChI=1S/C12H14N2/c1-2-10-3-5-11(6-4-10)9-12-13-7-8-14-12/h3-8H,2,9H2,1H3,(H,13,14). The van der Waals surface area contributed by atoms with E-state index >= 15 is 0 Å². The largest absolute Gasteiger partial charge is 0.348 e. The van der Waals surface area contributed by atoms with Crippen molar-refractivity contribution in [3.63, 3.8) is 0 Å². The third-order valence-electron chi connectivity index (χ3n) is 2.36. The average Bonchev–Trinajstić information content (AvgIpc) is 2.72. The summed E-state index contributed by atoms with van der Waals surface area (Å²) in [6.07, 6.45) is 5.63. The number of aromatic amines is 1. The third kappa shape index (κ3) is 2.02. The highest BCUT2D eigenvalue weighted by Crippen LogP contribution is 2.08. The van der Waals surface area contributed by atoms with Gasteiger partial charge in [0.25, 0.3) is 0 Å². The molecule has 0 aliphatic carbocycles. The predicted octanol–water partition coefficient (Wildman–Crippen LogP) is 2.56. The van der Waals surface area contributed by atoms with Gasteiger partial charge in [-0.3, -0.25) is 0 Å². The van der Waals surface area contributed by atoms with Gasteiger partial charge >= 0.3 is 0 Å². The van der Waals surface area contributed by atoms with Crippen molar-refractivity contribution in [3.8, 4) is 0 Å². The highest BCUT2D eigenvalue weighted by atomic mass is 14.9. The zero-order chi connectivity index (χ0) is 9.80. The summed E-state index contributed by atoms with van der Waals surface area (Å²) < 4.78 is 0. The number of nitrogens with one attached hydrogen (secondary N) is 1. The smallest absolute Gasteiger partial charge is 0.110 e. The molecule has 0 saturated heterocycles. The molecule has 0 aliphatic rings. The van der Waals surface area contributed by atoms with E-state index < -0.39 is 0 Å². The van der Waals surface area contributed by atoms with E-state index in [1.807, 2.05) is 6.20 Å². The fourth-order valence-corrected chi connectivity index (χ4v) is 1.48. The topological polar surface area (TPSA) is 28.7 Å². The number of aryl methyl sites for hydroxylation is 1. The maximum absolute atomic E-state index is 4.20. The lowest BCUT2D eigenvalue weighted by Gasteiger charge is -2.00. The molecule has 1 N–H and O–H groups in total. The first-order chi connectivity index (χ1) is 6.88. The van der Waals surface area contributed by atoms with Gasteiger partial charge < -0.3 is 4.98 Å². The summed E-state index contributed by atoms with van der Waals surface area (Å²) in [5, 5.41) is 0. The van der Waals surface area contributed by atoms with Crippen LogP contribution in [0.3, 0.4) is 0 Å². The van der Waals surface area contributed by atoms with Crippen molar-refractivity contribution >= 4 is 0 Å². The molecule has 1 aromatic carbocycles. The van der Waals surface area contributed by atoms with Crippen molar-refractivity contribution in [2.75, 3.05) is 0 Å². The van der Waals surface area contributed by atoms with E-state index in [4.69, 9.17) is 0 Å². The van der Waals surface area contributed by atoms with E-state index in [9.17, 15) is 0 Å². The second kappa shape index (κ2) is 4.09. The van der Waals surface area contributed by atoms with Crippen LogP contribution in [0.15, 0.2) is 36.7 Å². The van der Waals surface area contributed by atoms with Crippen LogP contribution in [0.1, 0.15) is 23.9 Å². The highest BCUT2D eigenvalue weighted by molar-refractivity contribution is 5.24. The van der Waals surface area contributed by atoms with Gasteiger partial charge in [-0.2, -0.15) is 0 Å². The van der Waals surface area contributed by atoms with Gasteiger partial charge in [-0.25, -0.2) is 4.98 Å². The van der Waals surface area contributed by atoms with E-state index in [1.165, 1.54) is 11.1 Å². The second-order valence-corrected chi connectivity index (χ2v) is 3.38. The van der Waals surface area contributed by atoms with Gasteiger partial charge in [0.1, 0.15) is 5.82 Å². The molecule has 0 radical (unpaired) electrons. The summed E-state index contributed by atoms with van der Waals surface area (Å²) in [6, 6.07) is 8.69. The molecule has 0 atom stereocenters. The molecular formula is C12H14N2. The first-order valence-corrected chi connectivity index (χ1v) is 4.94. The van der Waals surface area contributed by atoms with Gasteiger partial charge in [-0.1, -0.05) is 31.2 Å². The van der Waals surface area contributed by atoms with Crippen molar-refractivity contribution in [2.45, 2.75) is 19.8 Å². The van der Waals surface area contributed by atoms with Crippen molar-refractivity contribution in [2.24, 2.45) is 0 Å². The number of imidazole rings is 1. The quantitative estimate of drug-likeness (QED) is 0.784. The highest BCUT2D eigenvalue weighted by Gasteiger charge is 1.97. The summed E-state index contributed by atoms with van der Waals surface area (Å²) >= 11 is 0. The fraction of sp³-hybridized carbons (Fsp3) is 0.250. The Kier molecular flexibility index (Phi) is 2.63. The summed E-state index contributed by atoms with van der Waals surface area (Å²) in [5.41, 5.74) is 2.69. The van der Waals surface area contributed by atoms with Crippen LogP contribution >= 0.6 is 0 Å². The van der Waals surface area contributed by atoms with Crippen molar-refractivity contribution in [1.29, 1.82) is 0 Å². The Morgan fingerprint density at radius 2 is 1.86 bits per heavy atom. The number of hydrogen-bond acceptors (Lipinski definition) is 1. The Hall–Kier alpha value is -1.57. The van der Waals surface area contributed by atoms with Crippen LogP contribution in [0.5, 0.6) is 0 Å². The first kappa shape index (κ1) is 9.00. The summed E-state index contributed by atoms with van der Waals surface area (Å²) in [4.78, 5) is 7.30. The SMILES string of the molecule is CCc1ccc(Cc2ncc[nH]2)cc1. The summed E-state index contributed by atoms with van der Waals surface area (Å²) in [7, 11) is 0. The van der Waals surface area contributed by atoms with Crippen LogP contribution in [0, 0.1) is 0 Å². The molecule has 0 amide bonds. The normalized spacial score (nSPS) is 10.4. The monoisotopic (exact) mass is 186 g/mol. The number of aromatic nitrogens is 2. The number of rotatable bonds is 3. The summed E-state index contributed by atoms with van der Waals surface area (Å²) in [6.45, 7) is 2.17. The Bertz CT molecular complexity index is 373. The minimum absolute atomic E-state index is 0.886. The minimum Gasteiger partial charge on any atom is -0.348 e. The lowest BCUT2D eigenvalue weighted by atomic mass is 10.1. The third-order valence-corrected chi connectivity index (χ3v) is 2.36. The van der Waals surface area contributed by atoms with Crippen LogP contribution < -0.4 is 0 Å². The van der Waals surface area contributed by atoms with Crippen LogP contribution in [-0.4, -0.2) is 9.97 Å². The molecule has 2 nitrogen and oxygen atoms in total. The average molecular weight is 186 g/mol. The Morgan fingerprint density at radius 1 is 1.14 bits per heavy atom. The van der Waals surface area contributed by atoms with E-state index in [0.29, 0.717) is 0 Å². The molecule has 0 fully saturated rings. The van der Waals surface area contributed by atoms with E-state index in [1.54, 1.807) is 6.20 Å². The Balaban J connectivity index is 2.10. The van der Waals surface area contributed by atoms with Crippen LogP contribution in [0.25, 0.3) is 0 Å². The van der Waals surface area contributed by atoms with Gasteiger partial charge in [-0.15, -0.1) is 0 Å². The minimum atomic E-state index is 0.886. The maximum atomic E-state index is 4.20. The van der Waals surface area contributed by atoms with E-state index in [2.05, 4.69) is 41.2 Å². The first-order valence-electron chi connectivity index (χ1n) is 4.94. The lowest BCUT2D eigenvalue weighted by molar-refractivity contribution is 1.02. The molecule has 0 saturated carbocycles. The Labute approximate surface area is 84.0 Å². The van der Waals surface area contributed by atoms with Crippen molar-refractivity contribution < 1.29 is 0 Å². The molecule has 72 valence electrons. The molecule has 1 aromatic heterocycles. The number of nitrogens with zero attached hydrogens (tertiary/aromatic N) is 1. The molecule has 1 heterocycles. The molecule has 0 spiro atoms. The molecule has 14 heavy (non-hydrogen) atoms. The van der Waals surface area contributed by atoms with Gasteiger partial charge in [0.15, 0.2) is 0 Å². The molecule has 2 rings (SSSR count). The van der Waals surface area contributed by atoms with Crippen molar-refractivity contribution in [1.82, 2.24) is 9.97 Å². The zero-order valence-corrected chi connectivity index (χ0v) is 8.33. The molecule has 0 unspecified atom stereocenters. The summed E-state index contributed by atoms with van der Waals surface area (Å²) in [5.74, 6) is 1.02.